The van der Waals surface area contributed by atoms with E-state index in [1.54, 1.807) is 24.8 Å². The number of benzene rings is 2. The number of hydrogen-bond acceptors (Lipinski definition) is 6. The van der Waals surface area contributed by atoms with Crippen LogP contribution in [0.3, 0.4) is 0 Å². The maximum atomic E-state index is 5.87. The van der Waals surface area contributed by atoms with Crippen LogP contribution in [0.5, 0.6) is 11.5 Å². The molecule has 0 aliphatic heterocycles. The number of rotatable bonds is 6. The number of nitrogens with zero attached hydrogens (tertiary/aromatic N) is 4. The van der Waals surface area contributed by atoms with Crippen LogP contribution in [0, 0.1) is 0 Å². The monoisotopic (exact) mass is 417 g/mol. The summed E-state index contributed by atoms with van der Waals surface area (Å²) in [5, 5.41) is 3.38. The molecule has 2 aromatic carbocycles. The molecule has 3 aromatic heterocycles. The number of ether oxygens (including phenoxy) is 1. The molecule has 0 bridgehead atoms. The van der Waals surface area contributed by atoms with Crippen LogP contribution in [-0.2, 0) is 0 Å². The van der Waals surface area contributed by atoms with Gasteiger partial charge in [-0.1, -0.05) is 18.2 Å². The standard InChI is InChI=1S/C26H19N5O/c1-2-4-22(5-3-1)32-23-8-6-21(7-9-23)29-25-18-24(19-10-14-27-15-11-19)30-26(31-25)20-12-16-28-17-13-20/h1-18H,(H,29,30,31). The predicted molar refractivity (Wildman–Crippen MR) is 125 cm³/mol. The van der Waals surface area contributed by atoms with Gasteiger partial charge in [0.25, 0.3) is 0 Å². The van der Waals surface area contributed by atoms with Gasteiger partial charge in [0.2, 0.25) is 0 Å². The molecule has 0 saturated heterocycles. The second-order valence-electron chi connectivity index (χ2n) is 7.00. The molecule has 5 aromatic rings. The van der Waals surface area contributed by atoms with Crippen LogP contribution in [0.4, 0.5) is 11.5 Å². The van der Waals surface area contributed by atoms with Crippen LogP contribution in [0.15, 0.2) is 110 Å². The van der Waals surface area contributed by atoms with Crippen molar-refractivity contribution in [3.05, 3.63) is 110 Å². The van der Waals surface area contributed by atoms with E-state index in [0.29, 0.717) is 11.6 Å². The van der Waals surface area contributed by atoms with Crippen molar-refractivity contribution in [3.8, 4) is 34.1 Å². The van der Waals surface area contributed by atoms with E-state index in [9.17, 15) is 0 Å². The van der Waals surface area contributed by atoms with E-state index in [0.717, 1.165) is 34.0 Å². The third kappa shape index (κ3) is 4.60. The molecular weight excluding hydrogens is 398 g/mol. The minimum atomic E-state index is 0.619. The molecule has 0 radical (unpaired) electrons. The Morgan fingerprint density at radius 2 is 1.22 bits per heavy atom. The normalized spacial score (nSPS) is 10.5. The lowest BCUT2D eigenvalue weighted by molar-refractivity contribution is 0.483. The van der Waals surface area contributed by atoms with Crippen molar-refractivity contribution in [2.75, 3.05) is 5.32 Å². The van der Waals surface area contributed by atoms with Crippen LogP contribution in [0.1, 0.15) is 0 Å². The van der Waals surface area contributed by atoms with Gasteiger partial charge in [0.15, 0.2) is 5.82 Å². The molecule has 154 valence electrons. The van der Waals surface area contributed by atoms with Crippen molar-refractivity contribution in [1.29, 1.82) is 0 Å². The van der Waals surface area contributed by atoms with Crippen molar-refractivity contribution in [3.63, 3.8) is 0 Å². The lowest BCUT2D eigenvalue weighted by Gasteiger charge is -2.11. The number of para-hydroxylation sites is 1. The summed E-state index contributed by atoms with van der Waals surface area (Å²) in [4.78, 5) is 17.7. The number of aromatic nitrogens is 4. The fourth-order valence-electron chi connectivity index (χ4n) is 3.19. The van der Waals surface area contributed by atoms with E-state index < -0.39 is 0 Å². The number of pyridine rings is 2. The van der Waals surface area contributed by atoms with Gasteiger partial charge in [-0.2, -0.15) is 0 Å². The Balaban J connectivity index is 1.43. The van der Waals surface area contributed by atoms with Crippen molar-refractivity contribution in [1.82, 2.24) is 19.9 Å². The largest absolute Gasteiger partial charge is 0.457 e. The third-order valence-electron chi connectivity index (χ3n) is 4.75. The van der Waals surface area contributed by atoms with Crippen LogP contribution < -0.4 is 10.1 Å². The minimum Gasteiger partial charge on any atom is -0.457 e. The third-order valence-corrected chi connectivity index (χ3v) is 4.75. The van der Waals surface area contributed by atoms with Gasteiger partial charge in [-0.3, -0.25) is 9.97 Å². The second kappa shape index (κ2) is 9.06. The molecule has 0 spiro atoms. The first-order valence-corrected chi connectivity index (χ1v) is 10.1. The molecule has 0 atom stereocenters. The molecule has 6 nitrogen and oxygen atoms in total. The summed E-state index contributed by atoms with van der Waals surface area (Å²) in [5.74, 6) is 2.87. The molecule has 5 rings (SSSR count). The highest BCUT2D eigenvalue weighted by Crippen LogP contribution is 2.27. The van der Waals surface area contributed by atoms with E-state index in [1.165, 1.54) is 0 Å². The van der Waals surface area contributed by atoms with Crippen LogP contribution in [-0.4, -0.2) is 19.9 Å². The summed E-state index contributed by atoms with van der Waals surface area (Å²) in [6.07, 6.45) is 6.97. The first kappa shape index (κ1) is 19.4. The summed E-state index contributed by atoms with van der Waals surface area (Å²) in [6, 6.07) is 27.0. The maximum Gasteiger partial charge on any atom is 0.162 e. The topological polar surface area (TPSA) is 72.8 Å². The van der Waals surface area contributed by atoms with Crippen LogP contribution in [0.2, 0.25) is 0 Å². The van der Waals surface area contributed by atoms with E-state index in [4.69, 9.17) is 14.7 Å². The summed E-state index contributed by atoms with van der Waals surface area (Å²) in [6.45, 7) is 0. The van der Waals surface area contributed by atoms with Gasteiger partial charge in [0.05, 0.1) is 5.69 Å². The lowest BCUT2D eigenvalue weighted by atomic mass is 10.1. The molecule has 0 amide bonds. The lowest BCUT2D eigenvalue weighted by Crippen LogP contribution is -1.99. The van der Waals surface area contributed by atoms with Crippen molar-refractivity contribution in [2.24, 2.45) is 0 Å². The predicted octanol–water partition coefficient (Wildman–Crippen LogP) is 6.14. The highest BCUT2D eigenvalue weighted by molar-refractivity contribution is 5.69. The number of anilines is 2. The summed E-state index contributed by atoms with van der Waals surface area (Å²) in [7, 11) is 0. The molecule has 0 saturated carbocycles. The van der Waals surface area contributed by atoms with E-state index in [-0.39, 0.29) is 0 Å². The summed E-state index contributed by atoms with van der Waals surface area (Å²) >= 11 is 0. The van der Waals surface area contributed by atoms with Gasteiger partial charge in [0.1, 0.15) is 17.3 Å². The number of hydrogen-bond donors (Lipinski definition) is 1. The van der Waals surface area contributed by atoms with Crippen molar-refractivity contribution in [2.45, 2.75) is 0 Å². The molecule has 6 heteroatoms. The van der Waals surface area contributed by atoms with Crippen LogP contribution >= 0.6 is 0 Å². The zero-order valence-electron chi connectivity index (χ0n) is 17.1. The fraction of sp³-hybridized carbons (Fsp3) is 0. The minimum absolute atomic E-state index is 0.619. The van der Waals surface area contributed by atoms with Gasteiger partial charge >= 0.3 is 0 Å². The van der Waals surface area contributed by atoms with E-state index >= 15 is 0 Å². The summed E-state index contributed by atoms with van der Waals surface area (Å²) in [5.41, 5.74) is 3.56. The zero-order valence-corrected chi connectivity index (χ0v) is 17.1. The fourth-order valence-corrected chi connectivity index (χ4v) is 3.19. The molecule has 32 heavy (non-hydrogen) atoms. The highest BCUT2D eigenvalue weighted by Gasteiger charge is 2.09. The Bertz CT molecular complexity index is 1240. The average molecular weight is 417 g/mol. The summed E-state index contributed by atoms with van der Waals surface area (Å²) < 4.78 is 5.87. The van der Waals surface area contributed by atoms with Gasteiger partial charge < -0.3 is 10.1 Å². The van der Waals surface area contributed by atoms with Gasteiger partial charge in [-0.05, 0) is 60.7 Å². The Hall–Kier alpha value is -4.58. The second-order valence-corrected chi connectivity index (χ2v) is 7.00. The Morgan fingerprint density at radius 1 is 0.594 bits per heavy atom. The molecule has 0 fully saturated rings. The quantitative estimate of drug-likeness (QED) is 0.358. The SMILES string of the molecule is c1ccc(Oc2ccc(Nc3cc(-c4ccncc4)nc(-c4ccncc4)n3)cc2)cc1. The van der Waals surface area contributed by atoms with Crippen LogP contribution in [0.25, 0.3) is 22.6 Å². The molecule has 3 heterocycles. The van der Waals surface area contributed by atoms with E-state index in [2.05, 4.69) is 15.3 Å². The van der Waals surface area contributed by atoms with Crippen molar-refractivity contribution >= 4 is 11.5 Å². The first-order chi connectivity index (χ1) is 15.8. The van der Waals surface area contributed by atoms with Gasteiger partial charge in [-0.15, -0.1) is 0 Å². The van der Waals surface area contributed by atoms with Crippen molar-refractivity contribution < 1.29 is 4.74 Å². The Labute approximate surface area is 185 Å². The molecule has 0 aliphatic carbocycles. The van der Waals surface area contributed by atoms with Gasteiger partial charge in [-0.25, -0.2) is 9.97 Å². The maximum absolute atomic E-state index is 5.87. The molecular formula is C26H19N5O. The molecule has 0 unspecified atom stereocenters. The van der Waals surface area contributed by atoms with E-state index in [1.807, 2.05) is 84.9 Å². The Kier molecular flexibility index (Phi) is 5.49. The Morgan fingerprint density at radius 3 is 1.91 bits per heavy atom. The average Bonchev–Trinajstić information content (AvgIpc) is 2.87. The highest BCUT2D eigenvalue weighted by atomic mass is 16.5. The molecule has 0 aliphatic rings. The first-order valence-electron chi connectivity index (χ1n) is 10.1. The van der Waals surface area contributed by atoms with Gasteiger partial charge in [0, 0.05) is 47.7 Å². The smallest absolute Gasteiger partial charge is 0.162 e. The zero-order chi connectivity index (χ0) is 21.6. The molecule has 1 N–H and O–H groups in total. The number of nitrogens with one attached hydrogen (secondary N) is 1.